The molecule has 1 heterocycles. The molecule has 1 saturated heterocycles. The van der Waals surface area contributed by atoms with Crippen molar-refractivity contribution in [1.82, 2.24) is 20.0 Å². The molecule has 1 aliphatic rings. The predicted octanol–water partition coefficient (Wildman–Crippen LogP) is 1.74. The van der Waals surface area contributed by atoms with Crippen LogP contribution in [-0.4, -0.2) is 78.4 Å². The van der Waals surface area contributed by atoms with Crippen molar-refractivity contribution in [2.24, 2.45) is 0 Å². The van der Waals surface area contributed by atoms with Gasteiger partial charge in [-0.3, -0.25) is 19.4 Å². The van der Waals surface area contributed by atoms with E-state index < -0.39 is 0 Å². The van der Waals surface area contributed by atoms with Crippen LogP contribution in [-0.2, 0) is 9.59 Å². The van der Waals surface area contributed by atoms with Gasteiger partial charge in [-0.05, 0) is 33.3 Å². The van der Waals surface area contributed by atoms with Crippen LogP contribution in [0.4, 0.5) is 0 Å². The molecule has 1 fully saturated rings. The number of likely N-dealkylation sites (N-methyl/N-ethyl adjacent to an activating group) is 1. The lowest BCUT2D eigenvalue weighted by Crippen LogP contribution is -2.53. The number of amides is 2. The SMILES string of the molecule is CCN(CC)C(=O)C(c1ccccc1)N1CCN(CC(=O)NC(C)C)CC1. The summed E-state index contributed by atoms with van der Waals surface area (Å²) >= 11 is 0. The zero-order chi connectivity index (χ0) is 19.8. The van der Waals surface area contributed by atoms with E-state index in [0.717, 1.165) is 31.7 Å². The van der Waals surface area contributed by atoms with Crippen molar-refractivity contribution in [2.75, 3.05) is 45.8 Å². The summed E-state index contributed by atoms with van der Waals surface area (Å²) in [5.74, 6) is 0.231. The van der Waals surface area contributed by atoms with Crippen LogP contribution in [0.25, 0.3) is 0 Å². The van der Waals surface area contributed by atoms with Crippen LogP contribution in [0.3, 0.4) is 0 Å². The molecule has 0 spiro atoms. The first-order valence-corrected chi connectivity index (χ1v) is 10.1. The van der Waals surface area contributed by atoms with Gasteiger partial charge in [0, 0.05) is 45.3 Å². The van der Waals surface area contributed by atoms with Crippen LogP contribution in [0.5, 0.6) is 0 Å². The molecule has 1 aromatic rings. The molecule has 6 heteroatoms. The molecule has 0 bridgehead atoms. The number of carbonyl (C=O) groups excluding carboxylic acids is 2. The minimum Gasteiger partial charge on any atom is -0.353 e. The average molecular weight is 375 g/mol. The second kappa shape index (κ2) is 10.4. The molecular weight excluding hydrogens is 340 g/mol. The third-order valence-corrected chi connectivity index (χ3v) is 5.01. The van der Waals surface area contributed by atoms with Crippen LogP contribution in [0.2, 0.25) is 0 Å². The van der Waals surface area contributed by atoms with Gasteiger partial charge in [-0.25, -0.2) is 0 Å². The number of rotatable bonds is 8. The topological polar surface area (TPSA) is 55.9 Å². The fourth-order valence-electron chi connectivity index (χ4n) is 3.60. The largest absolute Gasteiger partial charge is 0.353 e. The number of carbonyl (C=O) groups is 2. The third-order valence-electron chi connectivity index (χ3n) is 5.01. The molecule has 1 aromatic carbocycles. The Bertz CT molecular complexity index is 593. The fraction of sp³-hybridized carbons (Fsp3) is 0.619. The lowest BCUT2D eigenvalue weighted by Gasteiger charge is -2.40. The molecule has 2 rings (SSSR count). The average Bonchev–Trinajstić information content (AvgIpc) is 2.64. The highest BCUT2D eigenvalue weighted by Gasteiger charge is 2.32. The minimum absolute atomic E-state index is 0.0669. The number of hydrogen-bond acceptors (Lipinski definition) is 4. The van der Waals surface area contributed by atoms with Gasteiger partial charge < -0.3 is 10.2 Å². The zero-order valence-electron chi connectivity index (χ0n) is 17.1. The van der Waals surface area contributed by atoms with Gasteiger partial charge in [0.25, 0.3) is 0 Å². The lowest BCUT2D eigenvalue weighted by atomic mass is 10.0. The van der Waals surface area contributed by atoms with Gasteiger partial charge in [0.15, 0.2) is 0 Å². The number of nitrogens with zero attached hydrogens (tertiary/aromatic N) is 3. The number of nitrogens with one attached hydrogen (secondary N) is 1. The van der Waals surface area contributed by atoms with Crippen molar-refractivity contribution >= 4 is 11.8 Å². The standard InChI is InChI=1S/C21H34N4O2/c1-5-24(6-2)21(27)20(18-10-8-7-9-11-18)25-14-12-23(13-15-25)16-19(26)22-17(3)4/h7-11,17,20H,5-6,12-16H2,1-4H3,(H,22,26). The molecule has 0 aliphatic carbocycles. The Kier molecular flexibility index (Phi) is 8.25. The van der Waals surface area contributed by atoms with E-state index in [1.807, 2.05) is 62.9 Å². The molecule has 1 N–H and O–H groups in total. The van der Waals surface area contributed by atoms with Gasteiger partial charge in [-0.1, -0.05) is 30.3 Å². The van der Waals surface area contributed by atoms with Gasteiger partial charge >= 0.3 is 0 Å². The molecule has 2 amide bonds. The van der Waals surface area contributed by atoms with Crippen LogP contribution < -0.4 is 5.32 Å². The molecule has 1 unspecified atom stereocenters. The second-order valence-corrected chi connectivity index (χ2v) is 7.36. The Morgan fingerprint density at radius 3 is 2.15 bits per heavy atom. The van der Waals surface area contributed by atoms with Gasteiger partial charge in [0.05, 0.1) is 6.54 Å². The van der Waals surface area contributed by atoms with E-state index in [9.17, 15) is 9.59 Å². The maximum Gasteiger partial charge on any atom is 0.244 e. The van der Waals surface area contributed by atoms with Crippen molar-refractivity contribution in [3.63, 3.8) is 0 Å². The summed E-state index contributed by atoms with van der Waals surface area (Å²) in [7, 11) is 0. The fourth-order valence-corrected chi connectivity index (χ4v) is 3.60. The maximum atomic E-state index is 13.2. The summed E-state index contributed by atoms with van der Waals surface area (Å²) < 4.78 is 0. The number of benzene rings is 1. The van der Waals surface area contributed by atoms with Gasteiger partial charge in [0.2, 0.25) is 11.8 Å². The summed E-state index contributed by atoms with van der Waals surface area (Å²) in [6.07, 6.45) is 0. The first-order chi connectivity index (χ1) is 13.0. The van der Waals surface area contributed by atoms with Crippen molar-refractivity contribution in [3.05, 3.63) is 35.9 Å². The highest BCUT2D eigenvalue weighted by Crippen LogP contribution is 2.24. The van der Waals surface area contributed by atoms with Crippen molar-refractivity contribution < 1.29 is 9.59 Å². The molecular formula is C21H34N4O2. The Balaban J connectivity index is 2.05. The van der Waals surface area contributed by atoms with Crippen LogP contribution in [0, 0.1) is 0 Å². The Morgan fingerprint density at radius 2 is 1.63 bits per heavy atom. The Labute approximate surface area is 163 Å². The summed E-state index contributed by atoms with van der Waals surface area (Å²) in [6.45, 7) is 13.0. The van der Waals surface area contributed by atoms with Crippen LogP contribution >= 0.6 is 0 Å². The smallest absolute Gasteiger partial charge is 0.244 e. The maximum absolute atomic E-state index is 13.2. The first kappa shape index (κ1) is 21.4. The van der Waals surface area contributed by atoms with Crippen molar-refractivity contribution in [1.29, 1.82) is 0 Å². The normalized spacial score (nSPS) is 16.9. The molecule has 1 atom stereocenters. The van der Waals surface area contributed by atoms with E-state index in [1.165, 1.54) is 0 Å². The van der Waals surface area contributed by atoms with Crippen molar-refractivity contribution in [2.45, 2.75) is 39.8 Å². The van der Waals surface area contributed by atoms with Crippen LogP contribution in [0.15, 0.2) is 30.3 Å². The Morgan fingerprint density at radius 1 is 1.04 bits per heavy atom. The molecule has 27 heavy (non-hydrogen) atoms. The quantitative estimate of drug-likeness (QED) is 0.753. The summed E-state index contributed by atoms with van der Waals surface area (Å²) in [5.41, 5.74) is 1.04. The second-order valence-electron chi connectivity index (χ2n) is 7.36. The summed E-state index contributed by atoms with van der Waals surface area (Å²) in [5, 5.41) is 2.94. The predicted molar refractivity (Wildman–Crippen MR) is 108 cm³/mol. The van der Waals surface area contributed by atoms with Crippen LogP contribution in [0.1, 0.15) is 39.3 Å². The van der Waals surface area contributed by atoms with Gasteiger partial charge in [-0.2, -0.15) is 0 Å². The van der Waals surface area contributed by atoms with E-state index in [0.29, 0.717) is 19.6 Å². The monoisotopic (exact) mass is 374 g/mol. The van der Waals surface area contributed by atoms with E-state index >= 15 is 0 Å². The first-order valence-electron chi connectivity index (χ1n) is 10.1. The minimum atomic E-state index is -0.252. The molecule has 1 aliphatic heterocycles. The van der Waals surface area contributed by atoms with E-state index in [4.69, 9.17) is 0 Å². The van der Waals surface area contributed by atoms with Crippen molar-refractivity contribution in [3.8, 4) is 0 Å². The zero-order valence-corrected chi connectivity index (χ0v) is 17.1. The number of piperazine rings is 1. The summed E-state index contributed by atoms with van der Waals surface area (Å²) in [4.78, 5) is 31.5. The van der Waals surface area contributed by atoms with E-state index in [2.05, 4.69) is 15.1 Å². The molecule has 0 radical (unpaired) electrons. The molecule has 0 saturated carbocycles. The Hall–Kier alpha value is -1.92. The van der Waals surface area contributed by atoms with E-state index in [-0.39, 0.29) is 23.9 Å². The molecule has 150 valence electrons. The lowest BCUT2D eigenvalue weighted by molar-refractivity contribution is -0.138. The van der Waals surface area contributed by atoms with Gasteiger partial charge in [-0.15, -0.1) is 0 Å². The van der Waals surface area contributed by atoms with E-state index in [1.54, 1.807) is 0 Å². The number of hydrogen-bond donors (Lipinski definition) is 1. The highest BCUT2D eigenvalue weighted by atomic mass is 16.2. The molecule has 0 aromatic heterocycles. The van der Waals surface area contributed by atoms with Gasteiger partial charge in [0.1, 0.15) is 6.04 Å². The molecule has 6 nitrogen and oxygen atoms in total. The highest BCUT2D eigenvalue weighted by molar-refractivity contribution is 5.83. The summed E-state index contributed by atoms with van der Waals surface area (Å²) in [6, 6.07) is 9.94. The third kappa shape index (κ3) is 6.04.